The Hall–Kier alpha value is -2.88. The van der Waals surface area contributed by atoms with Gasteiger partial charge in [0.05, 0.1) is 23.8 Å². The molecule has 1 amide bonds. The number of benzene rings is 1. The topological polar surface area (TPSA) is 94.5 Å². The SMILES string of the molecule is N=C1/C(=C/c2ccc(-c3ccccc3Cl)o2)C(=O)N=C2SC(N3CCOCC3)=NN12. The molecule has 2 aromatic rings. The number of hydrogen-bond acceptors (Lipinski definition) is 7. The Bertz CT molecular complexity index is 1130. The molecule has 30 heavy (non-hydrogen) atoms. The fourth-order valence-corrected chi connectivity index (χ4v) is 4.42. The van der Waals surface area contributed by atoms with E-state index in [1.165, 1.54) is 22.8 Å². The average Bonchev–Trinajstić information content (AvgIpc) is 3.39. The molecule has 1 aromatic heterocycles. The number of nitrogens with zero attached hydrogens (tertiary/aromatic N) is 4. The minimum Gasteiger partial charge on any atom is -0.457 e. The van der Waals surface area contributed by atoms with E-state index in [0.29, 0.717) is 48.0 Å². The first-order valence-corrected chi connectivity index (χ1v) is 10.5. The number of furan rings is 1. The van der Waals surface area contributed by atoms with Crippen LogP contribution >= 0.6 is 23.4 Å². The molecule has 3 aliphatic rings. The van der Waals surface area contributed by atoms with Crippen LogP contribution in [0.5, 0.6) is 0 Å². The zero-order valence-electron chi connectivity index (χ0n) is 15.7. The highest BCUT2D eigenvalue weighted by Gasteiger charge is 2.37. The van der Waals surface area contributed by atoms with E-state index in [1.807, 2.05) is 18.2 Å². The largest absolute Gasteiger partial charge is 0.457 e. The second-order valence-corrected chi connectivity index (χ2v) is 8.03. The standard InChI is InChI=1S/C20H16ClN5O3S/c21-15-4-2-1-3-13(15)16-6-5-12(29-16)11-14-17(22)26-19(23-18(14)27)30-20(24-26)25-7-9-28-10-8-25/h1-6,11,22H,7-10H2/b14-11-,22-17?. The second-order valence-electron chi connectivity index (χ2n) is 6.68. The van der Waals surface area contributed by atoms with Gasteiger partial charge >= 0.3 is 0 Å². The van der Waals surface area contributed by atoms with Gasteiger partial charge in [-0.15, -0.1) is 5.10 Å². The Morgan fingerprint density at radius 3 is 2.73 bits per heavy atom. The average molecular weight is 442 g/mol. The highest BCUT2D eigenvalue weighted by molar-refractivity contribution is 8.26. The van der Waals surface area contributed by atoms with E-state index in [-0.39, 0.29) is 11.4 Å². The normalized spacial score (nSPS) is 20.5. The fraction of sp³-hybridized carbons (Fsp3) is 0.200. The fourth-order valence-electron chi connectivity index (χ4n) is 3.24. The van der Waals surface area contributed by atoms with Crippen LogP contribution < -0.4 is 0 Å². The van der Waals surface area contributed by atoms with Gasteiger partial charge in [0.2, 0.25) is 5.17 Å². The number of carbonyl (C=O) groups excluding carboxylic acids is 1. The molecule has 0 saturated carbocycles. The molecule has 152 valence electrons. The monoisotopic (exact) mass is 441 g/mol. The maximum absolute atomic E-state index is 12.6. The molecule has 4 heterocycles. The van der Waals surface area contributed by atoms with Crippen molar-refractivity contribution in [2.24, 2.45) is 10.1 Å². The quantitative estimate of drug-likeness (QED) is 0.716. The van der Waals surface area contributed by atoms with Crippen molar-refractivity contribution in [3.63, 3.8) is 0 Å². The van der Waals surface area contributed by atoms with Gasteiger partial charge in [0.1, 0.15) is 11.5 Å². The second kappa shape index (κ2) is 7.75. The molecular weight excluding hydrogens is 426 g/mol. The van der Waals surface area contributed by atoms with Crippen LogP contribution in [0.4, 0.5) is 0 Å². The summed E-state index contributed by atoms with van der Waals surface area (Å²) < 4.78 is 11.2. The van der Waals surface area contributed by atoms with Crippen LogP contribution in [0.1, 0.15) is 5.76 Å². The number of thioether (sulfide) groups is 1. The molecule has 0 bridgehead atoms. The first-order chi connectivity index (χ1) is 14.6. The third-order valence-electron chi connectivity index (χ3n) is 4.78. The van der Waals surface area contributed by atoms with Gasteiger partial charge in [-0.1, -0.05) is 23.7 Å². The minimum absolute atomic E-state index is 0.0311. The number of amides is 1. The van der Waals surface area contributed by atoms with Gasteiger partial charge in [-0.05, 0) is 42.1 Å². The molecule has 1 fully saturated rings. The number of morpholine rings is 1. The van der Waals surface area contributed by atoms with Crippen molar-refractivity contribution in [1.29, 1.82) is 5.41 Å². The summed E-state index contributed by atoms with van der Waals surface area (Å²) in [4.78, 5) is 18.8. The Labute approximate surface area is 181 Å². The molecule has 1 aromatic carbocycles. The lowest BCUT2D eigenvalue weighted by Crippen LogP contribution is -2.39. The van der Waals surface area contributed by atoms with Crippen LogP contribution in [0.3, 0.4) is 0 Å². The molecule has 5 rings (SSSR count). The number of halogens is 1. The van der Waals surface area contributed by atoms with E-state index >= 15 is 0 Å². The van der Waals surface area contributed by atoms with Gasteiger partial charge in [-0.3, -0.25) is 10.2 Å². The summed E-state index contributed by atoms with van der Waals surface area (Å²) in [5, 5.41) is 16.1. The van der Waals surface area contributed by atoms with Crippen molar-refractivity contribution < 1.29 is 13.9 Å². The number of hydrogen-bond donors (Lipinski definition) is 1. The summed E-state index contributed by atoms with van der Waals surface area (Å²) in [6.45, 7) is 2.68. The van der Waals surface area contributed by atoms with Gasteiger partial charge in [0.25, 0.3) is 5.91 Å². The number of carbonyl (C=O) groups is 1. The molecular formula is C20H16ClN5O3S. The van der Waals surface area contributed by atoms with E-state index in [2.05, 4.69) is 15.0 Å². The van der Waals surface area contributed by atoms with E-state index in [9.17, 15) is 4.79 Å². The zero-order chi connectivity index (χ0) is 20.7. The van der Waals surface area contributed by atoms with Crippen molar-refractivity contribution in [3.05, 3.63) is 52.8 Å². The van der Waals surface area contributed by atoms with Crippen molar-refractivity contribution >= 4 is 51.5 Å². The molecule has 3 aliphatic heterocycles. The molecule has 0 aliphatic carbocycles. The summed E-state index contributed by atoms with van der Waals surface area (Å²) in [5.74, 6) is 0.487. The van der Waals surface area contributed by atoms with Crippen molar-refractivity contribution in [2.45, 2.75) is 0 Å². The summed E-state index contributed by atoms with van der Waals surface area (Å²) in [7, 11) is 0. The lowest BCUT2D eigenvalue weighted by molar-refractivity contribution is -0.114. The third-order valence-corrected chi connectivity index (χ3v) is 6.08. The summed E-state index contributed by atoms with van der Waals surface area (Å²) >= 11 is 7.52. The third kappa shape index (κ3) is 3.45. The number of ether oxygens (including phenoxy) is 1. The highest BCUT2D eigenvalue weighted by Crippen LogP contribution is 2.32. The molecule has 8 nitrogen and oxygen atoms in total. The van der Waals surface area contributed by atoms with Crippen LogP contribution in [0.15, 0.2) is 56.5 Å². The molecule has 0 radical (unpaired) electrons. The predicted molar refractivity (Wildman–Crippen MR) is 117 cm³/mol. The van der Waals surface area contributed by atoms with Crippen LogP contribution in [0.25, 0.3) is 17.4 Å². The van der Waals surface area contributed by atoms with Gasteiger partial charge in [0, 0.05) is 18.7 Å². The van der Waals surface area contributed by atoms with E-state index in [1.54, 1.807) is 18.2 Å². The van der Waals surface area contributed by atoms with Crippen LogP contribution in [0.2, 0.25) is 5.02 Å². The van der Waals surface area contributed by atoms with Crippen LogP contribution in [-0.2, 0) is 9.53 Å². The van der Waals surface area contributed by atoms with Crippen molar-refractivity contribution in [3.8, 4) is 11.3 Å². The Morgan fingerprint density at radius 2 is 1.93 bits per heavy atom. The molecule has 0 atom stereocenters. The molecule has 0 unspecified atom stereocenters. The maximum Gasteiger partial charge on any atom is 0.283 e. The summed E-state index contributed by atoms with van der Waals surface area (Å²) in [6.07, 6.45) is 1.51. The molecule has 10 heteroatoms. The van der Waals surface area contributed by atoms with E-state index in [4.69, 9.17) is 26.2 Å². The first kappa shape index (κ1) is 19.1. The highest BCUT2D eigenvalue weighted by atomic mass is 35.5. The van der Waals surface area contributed by atoms with Crippen molar-refractivity contribution in [2.75, 3.05) is 26.3 Å². The number of rotatable bonds is 2. The summed E-state index contributed by atoms with van der Waals surface area (Å²) in [5.41, 5.74) is 0.872. The maximum atomic E-state index is 12.6. The van der Waals surface area contributed by atoms with Gasteiger partial charge in [-0.2, -0.15) is 10.0 Å². The molecule has 1 saturated heterocycles. The van der Waals surface area contributed by atoms with E-state index < -0.39 is 5.91 Å². The van der Waals surface area contributed by atoms with Gasteiger partial charge in [-0.25, -0.2) is 0 Å². The Morgan fingerprint density at radius 1 is 1.13 bits per heavy atom. The Kier molecular flexibility index (Phi) is 4.93. The number of amidine groups is 3. The van der Waals surface area contributed by atoms with Gasteiger partial charge < -0.3 is 14.1 Å². The number of nitrogens with one attached hydrogen (secondary N) is 1. The number of aliphatic imine (C=N–C) groups is 1. The van der Waals surface area contributed by atoms with Crippen molar-refractivity contribution in [1.82, 2.24) is 9.91 Å². The van der Waals surface area contributed by atoms with Crippen LogP contribution in [0, 0.1) is 5.41 Å². The van der Waals surface area contributed by atoms with Crippen LogP contribution in [-0.4, -0.2) is 58.3 Å². The molecule has 1 N–H and O–H groups in total. The van der Waals surface area contributed by atoms with Gasteiger partial charge in [0.15, 0.2) is 11.0 Å². The molecule has 0 spiro atoms. The Balaban J connectivity index is 1.42. The lowest BCUT2D eigenvalue weighted by Gasteiger charge is -2.26. The predicted octanol–water partition coefficient (Wildman–Crippen LogP) is 3.51. The zero-order valence-corrected chi connectivity index (χ0v) is 17.2. The smallest absolute Gasteiger partial charge is 0.283 e. The first-order valence-electron chi connectivity index (χ1n) is 9.28. The van der Waals surface area contributed by atoms with E-state index in [0.717, 1.165) is 10.7 Å². The minimum atomic E-state index is -0.493. The number of fused-ring (bicyclic) bond motifs is 1. The lowest BCUT2D eigenvalue weighted by atomic mass is 10.1. The number of hydrazone groups is 1. The summed E-state index contributed by atoms with van der Waals surface area (Å²) in [6, 6.07) is 10.9.